The molecule has 0 fully saturated rings. The largest absolute Gasteiger partial charge is 0.493 e. The fourth-order valence-corrected chi connectivity index (χ4v) is 4.03. The second-order valence-electron chi connectivity index (χ2n) is 7.16. The molecular weight excluding hydrogens is 376 g/mol. The van der Waals surface area contributed by atoms with Crippen molar-refractivity contribution in [1.82, 2.24) is 10.2 Å². The highest BCUT2D eigenvalue weighted by Crippen LogP contribution is 2.33. The molecule has 2 amide bonds. The van der Waals surface area contributed by atoms with Crippen LogP contribution in [0.5, 0.6) is 11.5 Å². The predicted molar refractivity (Wildman–Crippen MR) is 109 cm³/mol. The molecule has 1 aliphatic heterocycles. The molecule has 2 heterocycles. The Hall–Kier alpha value is -2.54. The molecule has 6 nitrogen and oxygen atoms in total. The maximum atomic E-state index is 13.2. The zero-order valence-electron chi connectivity index (χ0n) is 16.7. The summed E-state index contributed by atoms with van der Waals surface area (Å²) in [6.45, 7) is 5.00. The SMILES string of the molecule is COc1cc2c(cc1OC)CN(C(=O)C(NC(=O)c1cccs1)C(C)C)CC2. The lowest BCUT2D eigenvalue weighted by molar-refractivity contribution is -0.135. The minimum atomic E-state index is -0.559. The standard InChI is InChI=1S/C21H26N2O4S/c1-13(2)19(22-20(24)18-6-5-9-28-18)21(25)23-8-7-14-10-16(26-3)17(27-4)11-15(14)12-23/h5-6,9-11,13,19H,7-8,12H2,1-4H3,(H,22,24). The fraction of sp³-hybridized carbons (Fsp3) is 0.429. The third-order valence-electron chi connectivity index (χ3n) is 4.99. The Morgan fingerprint density at radius 2 is 1.82 bits per heavy atom. The summed E-state index contributed by atoms with van der Waals surface area (Å²) in [6.07, 6.45) is 0.741. The molecular formula is C21H26N2O4S. The van der Waals surface area contributed by atoms with Gasteiger partial charge in [-0.2, -0.15) is 0 Å². The molecule has 1 N–H and O–H groups in total. The molecule has 1 aromatic carbocycles. The third-order valence-corrected chi connectivity index (χ3v) is 5.86. The second kappa shape index (κ2) is 8.65. The molecule has 1 aromatic heterocycles. The van der Waals surface area contributed by atoms with Crippen molar-refractivity contribution < 1.29 is 19.1 Å². The summed E-state index contributed by atoms with van der Waals surface area (Å²) in [4.78, 5) is 28.1. The van der Waals surface area contributed by atoms with Crippen LogP contribution < -0.4 is 14.8 Å². The first-order chi connectivity index (χ1) is 13.4. The lowest BCUT2D eigenvalue weighted by Gasteiger charge is -2.33. The van der Waals surface area contributed by atoms with Crippen LogP contribution in [-0.4, -0.2) is 43.5 Å². The van der Waals surface area contributed by atoms with E-state index in [1.165, 1.54) is 11.3 Å². The number of carbonyl (C=O) groups excluding carboxylic acids is 2. The van der Waals surface area contributed by atoms with Crippen LogP contribution in [-0.2, 0) is 17.8 Å². The van der Waals surface area contributed by atoms with Gasteiger partial charge in [0, 0.05) is 13.1 Å². The van der Waals surface area contributed by atoms with Gasteiger partial charge in [0.2, 0.25) is 5.91 Å². The minimum Gasteiger partial charge on any atom is -0.493 e. The molecule has 0 saturated heterocycles. The zero-order valence-corrected chi connectivity index (χ0v) is 17.5. The number of hydrogen-bond acceptors (Lipinski definition) is 5. The first-order valence-corrected chi connectivity index (χ1v) is 10.2. The third kappa shape index (κ3) is 4.14. The number of benzene rings is 1. The molecule has 7 heteroatoms. The average molecular weight is 403 g/mol. The van der Waals surface area contributed by atoms with Gasteiger partial charge in [0.1, 0.15) is 6.04 Å². The number of fused-ring (bicyclic) bond motifs is 1. The Morgan fingerprint density at radius 3 is 2.39 bits per heavy atom. The maximum absolute atomic E-state index is 13.2. The number of nitrogens with zero attached hydrogens (tertiary/aromatic N) is 1. The van der Waals surface area contributed by atoms with E-state index in [0.29, 0.717) is 29.5 Å². The molecule has 3 rings (SSSR count). The summed E-state index contributed by atoms with van der Waals surface area (Å²) in [5.74, 6) is 1.08. The van der Waals surface area contributed by atoms with E-state index < -0.39 is 6.04 Å². The normalized spacial score (nSPS) is 14.4. The number of thiophene rings is 1. The van der Waals surface area contributed by atoms with E-state index in [0.717, 1.165) is 17.5 Å². The van der Waals surface area contributed by atoms with Gasteiger partial charge in [-0.15, -0.1) is 11.3 Å². The van der Waals surface area contributed by atoms with Gasteiger partial charge >= 0.3 is 0 Å². The molecule has 28 heavy (non-hydrogen) atoms. The van der Waals surface area contributed by atoms with E-state index >= 15 is 0 Å². The molecule has 2 aromatic rings. The average Bonchev–Trinajstić information content (AvgIpc) is 3.24. The van der Waals surface area contributed by atoms with Crippen LogP contribution >= 0.6 is 11.3 Å². The number of hydrogen-bond donors (Lipinski definition) is 1. The first-order valence-electron chi connectivity index (χ1n) is 9.31. The predicted octanol–water partition coefficient (Wildman–Crippen LogP) is 3.10. The van der Waals surface area contributed by atoms with Crippen LogP contribution in [0.4, 0.5) is 0 Å². The van der Waals surface area contributed by atoms with Crippen molar-refractivity contribution in [2.75, 3.05) is 20.8 Å². The van der Waals surface area contributed by atoms with E-state index in [9.17, 15) is 9.59 Å². The van der Waals surface area contributed by atoms with Crippen LogP contribution in [0.3, 0.4) is 0 Å². The summed E-state index contributed by atoms with van der Waals surface area (Å²) in [7, 11) is 3.22. The molecule has 1 aliphatic rings. The Labute approximate surface area is 169 Å². The van der Waals surface area contributed by atoms with Gasteiger partial charge in [-0.3, -0.25) is 9.59 Å². The highest BCUT2D eigenvalue weighted by molar-refractivity contribution is 7.12. The van der Waals surface area contributed by atoms with E-state index in [-0.39, 0.29) is 17.7 Å². The van der Waals surface area contributed by atoms with Crippen molar-refractivity contribution >= 4 is 23.2 Å². The van der Waals surface area contributed by atoms with E-state index in [1.807, 2.05) is 42.3 Å². The topological polar surface area (TPSA) is 67.9 Å². The number of amides is 2. The Bertz CT molecular complexity index is 848. The Balaban J connectivity index is 1.77. The second-order valence-corrected chi connectivity index (χ2v) is 8.11. The highest BCUT2D eigenvalue weighted by Gasteiger charge is 2.31. The van der Waals surface area contributed by atoms with Gasteiger partial charge in [0.15, 0.2) is 11.5 Å². The Morgan fingerprint density at radius 1 is 1.14 bits per heavy atom. The minimum absolute atomic E-state index is 0.0109. The van der Waals surface area contributed by atoms with Gasteiger partial charge in [0.25, 0.3) is 5.91 Å². The van der Waals surface area contributed by atoms with E-state index in [2.05, 4.69) is 5.32 Å². The van der Waals surface area contributed by atoms with Crippen LogP contribution in [0.25, 0.3) is 0 Å². The van der Waals surface area contributed by atoms with Crippen molar-refractivity contribution in [1.29, 1.82) is 0 Å². The number of ether oxygens (including phenoxy) is 2. The molecule has 0 saturated carbocycles. The van der Waals surface area contributed by atoms with Gasteiger partial charge in [-0.25, -0.2) is 0 Å². The Kier molecular flexibility index (Phi) is 6.24. The molecule has 0 radical (unpaired) electrons. The molecule has 1 atom stereocenters. The van der Waals surface area contributed by atoms with Gasteiger partial charge in [-0.05, 0) is 47.0 Å². The molecule has 0 aliphatic carbocycles. The van der Waals surface area contributed by atoms with Crippen molar-refractivity contribution in [3.05, 3.63) is 45.6 Å². The molecule has 1 unspecified atom stereocenters. The van der Waals surface area contributed by atoms with Crippen LogP contribution in [0.1, 0.15) is 34.6 Å². The molecule has 0 bridgehead atoms. The van der Waals surface area contributed by atoms with Crippen LogP contribution in [0, 0.1) is 5.92 Å². The smallest absolute Gasteiger partial charge is 0.262 e. The summed E-state index contributed by atoms with van der Waals surface area (Å²) in [5.41, 5.74) is 2.20. The lowest BCUT2D eigenvalue weighted by atomic mass is 9.96. The summed E-state index contributed by atoms with van der Waals surface area (Å²) < 4.78 is 10.8. The van der Waals surface area contributed by atoms with Gasteiger partial charge in [0.05, 0.1) is 19.1 Å². The number of methoxy groups -OCH3 is 2. The van der Waals surface area contributed by atoms with Crippen LogP contribution in [0.2, 0.25) is 0 Å². The number of rotatable bonds is 6. The van der Waals surface area contributed by atoms with E-state index in [1.54, 1.807) is 20.3 Å². The first kappa shape index (κ1) is 20.2. The quantitative estimate of drug-likeness (QED) is 0.806. The monoisotopic (exact) mass is 402 g/mol. The fourth-order valence-electron chi connectivity index (χ4n) is 3.40. The van der Waals surface area contributed by atoms with Gasteiger partial charge in [-0.1, -0.05) is 19.9 Å². The van der Waals surface area contributed by atoms with Crippen molar-refractivity contribution in [2.45, 2.75) is 32.9 Å². The molecule has 150 valence electrons. The zero-order chi connectivity index (χ0) is 20.3. The maximum Gasteiger partial charge on any atom is 0.262 e. The summed E-state index contributed by atoms with van der Waals surface area (Å²) in [6, 6.07) is 6.95. The molecule has 0 spiro atoms. The number of nitrogens with one attached hydrogen (secondary N) is 1. The van der Waals surface area contributed by atoms with Crippen LogP contribution in [0.15, 0.2) is 29.6 Å². The van der Waals surface area contributed by atoms with Crippen molar-refractivity contribution in [3.63, 3.8) is 0 Å². The van der Waals surface area contributed by atoms with Crippen molar-refractivity contribution in [3.8, 4) is 11.5 Å². The van der Waals surface area contributed by atoms with Gasteiger partial charge < -0.3 is 19.7 Å². The summed E-state index contributed by atoms with van der Waals surface area (Å²) >= 11 is 1.37. The lowest BCUT2D eigenvalue weighted by Crippen LogP contribution is -2.52. The van der Waals surface area contributed by atoms with E-state index in [4.69, 9.17) is 9.47 Å². The summed E-state index contributed by atoms with van der Waals surface area (Å²) in [5, 5.41) is 4.77. The number of carbonyl (C=O) groups is 2. The highest BCUT2D eigenvalue weighted by atomic mass is 32.1. The van der Waals surface area contributed by atoms with Crippen molar-refractivity contribution in [2.24, 2.45) is 5.92 Å².